The average molecular weight is 236 g/mol. The molecule has 1 aromatic carbocycles. The topological polar surface area (TPSA) is 80.5 Å². The molecule has 5 nitrogen and oxygen atoms in total. The Labute approximate surface area is 96.0 Å². The number of halogens is 1. The molecule has 2 amide bonds. The summed E-state index contributed by atoms with van der Waals surface area (Å²) in [6.07, 6.45) is -0.118. The van der Waals surface area contributed by atoms with Gasteiger partial charge in [0.15, 0.2) is 0 Å². The minimum atomic E-state index is -0.827. The van der Waals surface area contributed by atoms with Crippen molar-refractivity contribution in [3.05, 3.63) is 29.6 Å². The highest BCUT2D eigenvalue weighted by molar-refractivity contribution is 6.52. The summed E-state index contributed by atoms with van der Waals surface area (Å²) in [6.45, 7) is -0.0894. The Hall–Kier alpha value is -2.24. The van der Waals surface area contributed by atoms with Gasteiger partial charge >= 0.3 is 0 Å². The summed E-state index contributed by atoms with van der Waals surface area (Å²) in [4.78, 5) is 34.7. The van der Waals surface area contributed by atoms with Crippen molar-refractivity contribution in [1.82, 2.24) is 0 Å². The molecule has 2 rings (SSSR count). The summed E-state index contributed by atoms with van der Waals surface area (Å²) in [7, 11) is 0. The largest absolute Gasteiger partial charge is 0.370 e. The van der Waals surface area contributed by atoms with Crippen LogP contribution >= 0.6 is 0 Å². The number of carbonyl (C=O) groups is 3. The summed E-state index contributed by atoms with van der Waals surface area (Å²) in [5.74, 6) is -2.86. The van der Waals surface area contributed by atoms with E-state index >= 15 is 0 Å². The number of hydrogen-bond donors (Lipinski definition) is 1. The number of rotatable bonds is 3. The van der Waals surface area contributed by atoms with E-state index in [0.29, 0.717) is 0 Å². The maximum atomic E-state index is 13.5. The van der Waals surface area contributed by atoms with Gasteiger partial charge in [0.25, 0.3) is 11.7 Å². The van der Waals surface area contributed by atoms with Crippen LogP contribution in [-0.4, -0.2) is 24.1 Å². The van der Waals surface area contributed by atoms with Crippen LogP contribution in [0.15, 0.2) is 18.2 Å². The van der Waals surface area contributed by atoms with E-state index in [9.17, 15) is 18.8 Å². The number of para-hydroxylation sites is 1. The molecule has 0 atom stereocenters. The summed E-state index contributed by atoms with van der Waals surface area (Å²) >= 11 is 0. The van der Waals surface area contributed by atoms with Gasteiger partial charge in [-0.05, 0) is 12.1 Å². The first-order valence-electron chi connectivity index (χ1n) is 4.95. The van der Waals surface area contributed by atoms with Gasteiger partial charge in [0, 0.05) is 13.0 Å². The first-order chi connectivity index (χ1) is 8.02. The molecule has 0 bridgehead atoms. The average Bonchev–Trinajstić information content (AvgIpc) is 2.52. The quantitative estimate of drug-likeness (QED) is 0.763. The fourth-order valence-corrected chi connectivity index (χ4v) is 1.75. The van der Waals surface area contributed by atoms with Crippen LogP contribution in [0.1, 0.15) is 16.8 Å². The van der Waals surface area contributed by atoms with Gasteiger partial charge in [-0.2, -0.15) is 0 Å². The number of nitrogens with zero attached hydrogens (tertiary/aromatic N) is 1. The van der Waals surface area contributed by atoms with Crippen molar-refractivity contribution in [2.75, 3.05) is 11.4 Å². The SMILES string of the molecule is NC(=O)CCN1C(=O)C(=O)c2cccc(F)c21. The van der Waals surface area contributed by atoms with Crippen molar-refractivity contribution < 1.29 is 18.8 Å². The molecule has 0 unspecified atom stereocenters. The highest BCUT2D eigenvalue weighted by Gasteiger charge is 2.37. The van der Waals surface area contributed by atoms with Crippen LogP contribution in [0.2, 0.25) is 0 Å². The van der Waals surface area contributed by atoms with Crippen molar-refractivity contribution in [3.8, 4) is 0 Å². The first kappa shape index (κ1) is 11.3. The molecule has 1 aliphatic heterocycles. The number of ketones is 1. The van der Waals surface area contributed by atoms with Gasteiger partial charge in [0.2, 0.25) is 5.91 Å². The van der Waals surface area contributed by atoms with Crippen LogP contribution < -0.4 is 10.6 Å². The Bertz CT molecular complexity index is 527. The van der Waals surface area contributed by atoms with E-state index in [1.807, 2.05) is 0 Å². The molecule has 0 saturated carbocycles. The van der Waals surface area contributed by atoms with Crippen molar-refractivity contribution in [2.24, 2.45) is 5.73 Å². The van der Waals surface area contributed by atoms with Gasteiger partial charge in [0.05, 0.1) is 11.3 Å². The van der Waals surface area contributed by atoms with Crippen molar-refractivity contribution in [2.45, 2.75) is 6.42 Å². The number of fused-ring (bicyclic) bond motifs is 1. The molecule has 1 aromatic rings. The lowest BCUT2D eigenvalue weighted by molar-refractivity contribution is -0.118. The zero-order valence-corrected chi connectivity index (χ0v) is 8.77. The second-order valence-corrected chi connectivity index (χ2v) is 3.64. The van der Waals surface area contributed by atoms with Crippen LogP contribution in [0.5, 0.6) is 0 Å². The smallest absolute Gasteiger partial charge is 0.299 e. The highest BCUT2D eigenvalue weighted by atomic mass is 19.1. The zero-order chi connectivity index (χ0) is 12.6. The molecule has 0 fully saturated rings. The molecule has 0 aliphatic carbocycles. The van der Waals surface area contributed by atoms with E-state index in [1.54, 1.807) is 0 Å². The summed E-state index contributed by atoms with van der Waals surface area (Å²) in [5, 5.41) is 0. The number of nitrogens with two attached hydrogens (primary N) is 1. The number of amides is 2. The third kappa shape index (κ3) is 1.77. The maximum Gasteiger partial charge on any atom is 0.299 e. The van der Waals surface area contributed by atoms with Gasteiger partial charge in [-0.1, -0.05) is 6.07 Å². The number of carbonyl (C=O) groups excluding carboxylic acids is 3. The lowest BCUT2D eigenvalue weighted by Gasteiger charge is -2.15. The number of hydrogen-bond acceptors (Lipinski definition) is 3. The maximum absolute atomic E-state index is 13.5. The monoisotopic (exact) mass is 236 g/mol. The molecule has 0 saturated heterocycles. The molecule has 0 spiro atoms. The first-order valence-corrected chi connectivity index (χ1v) is 4.95. The van der Waals surface area contributed by atoms with Gasteiger partial charge < -0.3 is 10.6 Å². The van der Waals surface area contributed by atoms with Crippen LogP contribution in [-0.2, 0) is 9.59 Å². The lowest BCUT2D eigenvalue weighted by Crippen LogP contribution is -2.33. The summed E-state index contributed by atoms with van der Waals surface area (Å²) in [6, 6.07) is 3.89. The van der Waals surface area contributed by atoms with E-state index in [2.05, 4.69) is 0 Å². The Kier molecular flexibility index (Phi) is 2.63. The second kappa shape index (κ2) is 3.97. The Morgan fingerprint density at radius 2 is 2.06 bits per heavy atom. The minimum absolute atomic E-state index is 0.0273. The lowest BCUT2D eigenvalue weighted by atomic mass is 10.1. The molecular formula is C11H9FN2O3. The molecule has 1 heterocycles. The van der Waals surface area contributed by atoms with Crippen LogP contribution in [0.3, 0.4) is 0 Å². The number of anilines is 1. The molecule has 1 aliphatic rings. The summed E-state index contributed by atoms with van der Waals surface area (Å²) in [5.41, 5.74) is 4.91. The molecule has 2 N–H and O–H groups in total. The highest BCUT2D eigenvalue weighted by Crippen LogP contribution is 2.31. The molecule has 88 valence electrons. The van der Waals surface area contributed by atoms with Crippen LogP contribution in [0, 0.1) is 5.82 Å². The standard InChI is InChI=1S/C11H9FN2O3/c12-7-3-1-2-6-9(7)14(5-4-8(13)15)11(17)10(6)16/h1-3H,4-5H2,(H2,13,15). The third-order valence-electron chi connectivity index (χ3n) is 2.52. The van der Waals surface area contributed by atoms with Crippen molar-refractivity contribution >= 4 is 23.3 Å². The Morgan fingerprint density at radius 3 is 2.71 bits per heavy atom. The van der Waals surface area contributed by atoms with Crippen LogP contribution in [0.25, 0.3) is 0 Å². The van der Waals surface area contributed by atoms with Gasteiger partial charge in [-0.3, -0.25) is 14.4 Å². The predicted octanol–water partition coefficient (Wildman–Crippen LogP) is 0.230. The van der Waals surface area contributed by atoms with Gasteiger partial charge in [0.1, 0.15) is 5.82 Å². The fourth-order valence-electron chi connectivity index (χ4n) is 1.75. The molecular weight excluding hydrogens is 227 g/mol. The third-order valence-corrected chi connectivity index (χ3v) is 2.52. The summed E-state index contributed by atoms with van der Waals surface area (Å²) < 4.78 is 13.5. The fraction of sp³-hybridized carbons (Fsp3) is 0.182. The number of Topliss-reactive ketones (excluding diaryl/α,β-unsaturated/α-hetero) is 1. The molecule has 17 heavy (non-hydrogen) atoms. The molecule has 6 heteroatoms. The zero-order valence-electron chi connectivity index (χ0n) is 8.77. The normalized spacial score (nSPS) is 14.1. The Balaban J connectivity index is 2.40. The predicted molar refractivity (Wildman–Crippen MR) is 56.9 cm³/mol. The van der Waals surface area contributed by atoms with Gasteiger partial charge in [-0.25, -0.2) is 4.39 Å². The minimum Gasteiger partial charge on any atom is -0.370 e. The van der Waals surface area contributed by atoms with E-state index in [-0.39, 0.29) is 24.2 Å². The Morgan fingerprint density at radius 1 is 1.35 bits per heavy atom. The van der Waals surface area contributed by atoms with E-state index in [1.165, 1.54) is 12.1 Å². The van der Waals surface area contributed by atoms with E-state index < -0.39 is 23.4 Å². The van der Waals surface area contributed by atoms with Gasteiger partial charge in [-0.15, -0.1) is 0 Å². The number of primary amides is 1. The van der Waals surface area contributed by atoms with Crippen molar-refractivity contribution in [3.63, 3.8) is 0 Å². The molecule has 0 aromatic heterocycles. The molecule has 0 radical (unpaired) electrons. The second-order valence-electron chi connectivity index (χ2n) is 3.64. The van der Waals surface area contributed by atoms with Crippen LogP contribution in [0.4, 0.5) is 10.1 Å². The van der Waals surface area contributed by atoms with E-state index in [4.69, 9.17) is 5.73 Å². The number of benzene rings is 1. The van der Waals surface area contributed by atoms with Crippen molar-refractivity contribution in [1.29, 1.82) is 0 Å². The van der Waals surface area contributed by atoms with E-state index in [0.717, 1.165) is 11.0 Å².